The van der Waals surface area contributed by atoms with Crippen molar-refractivity contribution in [2.45, 2.75) is 84.7 Å². The third kappa shape index (κ3) is 7.28. The van der Waals surface area contributed by atoms with Gasteiger partial charge in [0.15, 0.2) is 0 Å². The van der Waals surface area contributed by atoms with Gasteiger partial charge in [0.2, 0.25) is 0 Å². The fourth-order valence-corrected chi connectivity index (χ4v) is 3.71. The monoisotopic (exact) mass is 410 g/mol. The van der Waals surface area contributed by atoms with Gasteiger partial charge in [-0.1, -0.05) is 76.8 Å². The Morgan fingerprint density at radius 3 is 2.23 bits per heavy atom. The molecule has 30 heavy (non-hydrogen) atoms. The number of esters is 1. The lowest BCUT2D eigenvalue weighted by Crippen LogP contribution is -2.12. The number of carbonyl (C=O) groups excluding carboxylic acids is 1. The predicted octanol–water partition coefficient (Wildman–Crippen LogP) is 7.86. The average molecular weight is 411 g/mol. The van der Waals surface area contributed by atoms with Crippen molar-refractivity contribution >= 4 is 5.97 Å². The van der Waals surface area contributed by atoms with Crippen LogP contribution < -0.4 is 4.74 Å². The Labute approximate surface area is 182 Å². The second-order valence-electron chi connectivity index (χ2n) is 8.04. The summed E-state index contributed by atoms with van der Waals surface area (Å²) < 4.78 is 11.7. The van der Waals surface area contributed by atoms with Crippen LogP contribution >= 0.6 is 0 Å². The van der Waals surface area contributed by atoms with Crippen LogP contribution in [0, 0.1) is 0 Å². The minimum Gasteiger partial charge on any atom is -0.423 e. The van der Waals surface area contributed by atoms with Gasteiger partial charge in [-0.05, 0) is 61.4 Å². The third-order valence-electron chi connectivity index (χ3n) is 5.59. The predicted molar refractivity (Wildman–Crippen MR) is 124 cm³/mol. The largest absolute Gasteiger partial charge is 0.423 e. The van der Waals surface area contributed by atoms with Crippen molar-refractivity contribution in [1.82, 2.24) is 0 Å². The number of para-hydroxylation sites is 1. The smallest absolute Gasteiger partial charge is 0.343 e. The molecule has 0 radical (unpaired) electrons. The van der Waals surface area contributed by atoms with Crippen LogP contribution in [0.3, 0.4) is 0 Å². The Bertz CT molecular complexity index is 751. The van der Waals surface area contributed by atoms with Crippen LogP contribution in [0.4, 0.5) is 0 Å². The Balaban J connectivity index is 2.08. The standard InChI is InChI=1S/C27H38O3/c1-5-8-13-23(12-7-3)25-14-10-11-15-26(25)30-27(28)24-18-16-22(17-19-24)21(4)29-20-9-6-2/h10-11,14-19,21,23H,5-9,12-13,20H2,1-4H3. The SMILES string of the molecule is CCCCOC(C)c1ccc(C(=O)Oc2ccccc2C(CCC)CCCC)cc1. The Morgan fingerprint density at radius 1 is 0.867 bits per heavy atom. The summed E-state index contributed by atoms with van der Waals surface area (Å²) >= 11 is 0. The van der Waals surface area contributed by atoms with Crippen LogP contribution in [0.2, 0.25) is 0 Å². The van der Waals surface area contributed by atoms with E-state index in [2.05, 4.69) is 26.8 Å². The molecular weight excluding hydrogens is 372 g/mol. The maximum atomic E-state index is 12.8. The molecule has 3 heteroatoms. The van der Waals surface area contributed by atoms with E-state index in [1.165, 1.54) is 12.8 Å². The zero-order chi connectivity index (χ0) is 21.8. The molecule has 0 aliphatic rings. The summed E-state index contributed by atoms with van der Waals surface area (Å²) in [6, 6.07) is 15.6. The molecule has 164 valence electrons. The number of rotatable bonds is 13. The summed E-state index contributed by atoms with van der Waals surface area (Å²) in [5.74, 6) is 0.819. The second-order valence-corrected chi connectivity index (χ2v) is 8.04. The first kappa shape index (κ1) is 24.1. The molecule has 0 heterocycles. The number of hydrogen-bond acceptors (Lipinski definition) is 3. The number of hydrogen-bond donors (Lipinski definition) is 0. The first-order chi connectivity index (χ1) is 14.6. The van der Waals surface area contributed by atoms with Crippen LogP contribution in [0.15, 0.2) is 48.5 Å². The van der Waals surface area contributed by atoms with Crippen molar-refractivity contribution in [1.29, 1.82) is 0 Å². The van der Waals surface area contributed by atoms with E-state index in [1.807, 2.05) is 49.4 Å². The number of ether oxygens (including phenoxy) is 2. The van der Waals surface area contributed by atoms with Crippen LogP contribution in [0.1, 0.15) is 106 Å². The van der Waals surface area contributed by atoms with E-state index in [-0.39, 0.29) is 12.1 Å². The molecule has 0 spiro atoms. The van der Waals surface area contributed by atoms with Gasteiger partial charge in [0, 0.05) is 6.61 Å². The molecule has 2 rings (SSSR count). The van der Waals surface area contributed by atoms with E-state index < -0.39 is 0 Å². The van der Waals surface area contributed by atoms with Gasteiger partial charge in [-0.25, -0.2) is 4.79 Å². The molecule has 0 aromatic heterocycles. The molecule has 0 saturated carbocycles. The maximum absolute atomic E-state index is 12.8. The van der Waals surface area contributed by atoms with E-state index >= 15 is 0 Å². The molecular formula is C27H38O3. The lowest BCUT2D eigenvalue weighted by atomic mass is 9.89. The third-order valence-corrected chi connectivity index (χ3v) is 5.59. The maximum Gasteiger partial charge on any atom is 0.343 e. The minimum atomic E-state index is -0.306. The minimum absolute atomic E-state index is 0.0238. The lowest BCUT2D eigenvalue weighted by Gasteiger charge is -2.19. The molecule has 0 N–H and O–H groups in total. The van der Waals surface area contributed by atoms with Crippen LogP contribution in [0.5, 0.6) is 5.75 Å². The van der Waals surface area contributed by atoms with E-state index in [0.29, 0.717) is 17.2 Å². The van der Waals surface area contributed by atoms with Crippen molar-refractivity contribution in [3.8, 4) is 5.75 Å². The molecule has 0 fully saturated rings. The van der Waals surface area contributed by atoms with Crippen LogP contribution in [-0.2, 0) is 4.74 Å². The highest BCUT2D eigenvalue weighted by Gasteiger charge is 2.18. The highest BCUT2D eigenvalue weighted by molar-refractivity contribution is 5.91. The summed E-state index contributed by atoms with van der Waals surface area (Å²) in [5.41, 5.74) is 2.79. The van der Waals surface area contributed by atoms with Crippen molar-refractivity contribution in [3.63, 3.8) is 0 Å². The molecule has 2 atom stereocenters. The zero-order valence-corrected chi connectivity index (χ0v) is 19.2. The Morgan fingerprint density at radius 2 is 1.57 bits per heavy atom. The van der Waals surface area contributed by atoms with E-state index in [0.717, 1.165) is 49.8 Å². The molecule has 0 aliphatic heterocycles. The molecule has 3 nitrogen and oxygen atoms in total. The molecule has 2 aromatic rings. The molecule has 0 saturated heterocycles. The van der Waals surface area contributed by atoms with Crippen molar-refractivity contribution < 1.29 is 14.3 Å². The van der Waals surface area contributed by atoms with E-state index in [9.17, 15) is 4.79 Å². The van der Waals surface area contributed by atoms with Crippen LogP contribution in [-0.4, -0.2) is 12.6 Å². The Hall–Kier alpha value is -2.13. The van der Waals surface area contributed by atoms with Crippen LogP contribution in [0.25, 0.3) is 0 Å². The first-order valence-corrected chi connectivity index (χ1v) is 11.6. The number of carbonyl (C=O) groups is 1. The van der Waals surface area contributed by atoms with Gasteiger partial charge in [-0.2, -0.15) is 0 Å². The zero-order valence-electron chi connectivity index (χ0n) is 19.2. The molecule has 0 bridgehead atoms. The lowest BCUT2D eigenvalue weighted by molar-refractivity contribution is 0.0635. The quantitative estimate of drug-likeness (QED) is 0.191. The highest BCUT2D eigenvalue weighted by atomic mass is 16.5. The van der Waals surface area contributed by atoms with Crippen molar-refractivity contribution in [2.75, 3.05) is 6.61 Å². The van der Waals surface area contributed by atoms with Gasteiger partial charge in [-0.3, -0.25) is 0 Å². The number of benzene rings is 2. The van der Waals surface area contributed by atoms with Gasteiger partial charge < -0.3 is 9.47 Å². The molecule has 0 amide bonds. The first-order valence-electron chi connectivity index (χ1n) is 11.6. The number of unbranched alkanes of at least 4 members (excludes halogenated alkanes) is 2. The van der Waals surface area contributed by atoms with Gasteiger partial charge >= 0.3 is 5.97 Å². The molecule has 0 aliphatic carbocycles. The Kier molecular flexibility index (Phi) is 10.6. The summed E-state index contributed by atoms with van der Waals surface area (Å²) in [4.78, 5) is 12.8. The van der Waals surface area contributed by atoms with Gasteiger partial charge in [0.1, 0.15) is 5.75 Å². The average Bonchev–Trinajstić information content (AvgIpc) is 2.77. The van der Waals surface area contributed by atoms with E-state index in [1.54, 1.807) is 0 Å². The second kappa shape index (κ2) is 13.2. The van der Waals surface area contributed by atoms with Crippen molar-refractivity contribution in [3.05, 3.63) is 65.2 Å². The highest BCUT2D eigenvalue weighted by Crippen LogP contribution is 2.34. The summed E-state index contributed by atoms with van der Waals surface area (Å²) in [6.07, 6.45) is 7.93. The van der Waals surface area contributed by atoms with Gasteiger partial charge in [0.25, 0.3) is 0 Å². The molecule has 2 unspecified atom stereocenters. The normalized spacial score (nSPS) is 13.1. The van der Waals surface area contributed by atoms with E-state index in [4.69, 9.17) is 9.47 Å². The van der Waals surface area contributed by atoms with Gasteiger partial charge in [-0.15, -0.1) is 0 Å². The summed E-state index contributed by atoms with van der Waals surface area (Å²) in [5, 5.41) is 0. The fourth-order valence-electron chi connectivity index (χ4n) is 3.71. The summed E-state index contributed by atoms with van der Waals surface area (Å²) in [6.45, 7) is 9.38. The molecule has 2 aromatic carbocycles. The summed E-state index contributed by atoms with van der Waals surface area (Å²) in [7, 11) is 0. The van der Waals surface area contributed by atoms with Gasteiger partial charge in [0.05, 0.1) is 11.7 Å². The van der Waals surface area contributed by atoms with Crippen molar-refractivity contribution in [2.24, 2.45) is 0 Å². The topological polar surface area (TPSA) is 35.5 Å². The fraction of sp³-hybridized carbons (Fsp3) is 0.519.